The van der Waals surface area contributed by atoms with Gasteiger partial charge in [-0.3, -0.25) is 4.79 Å². The van der Waals surface area contributed by atoms with Gasteiger partial charge in [-0.05, 0) is 36.8 Å². The molecule has 6 heteroatoms. The maximum Gasteiger partial charge on any atom is 0.227 e. The molecule has 0 spiro atoms. The van der Waals surface area contributed by atoms with E-state index < -0.39 is 0 Å². The number of ether oxygens (including phenoxy) is 2. The third kappa shape index (κ3) is 5.85. The summed E-state index contributed by atoms with van der Waals surface area (Å²) >= 11 is 0. The quantitative estimate of drug-likeness (QED) is 0.801. The monoisotopic (exact) mass is 350 g/mol. The molecule has 1 atom stereocenters. The summed E-state index contributed by atoms with van der Waals surface area (Å²) in [5.41, 5.74) is 7.21. The van der Waals surface area contributed by atoms with E-state index in [9.17, 15) is 4.79 Å². The van der Waals surface area contributed by atoms with E-state index in [1.807, 2.05) is 55.5 Å². The maximum absolute atomic E-state index is 12.2. The van der Waals surface area contributed by atoms with Gasteiger partial charge in [-0.1, -0.05) is 24.3 Å². The van der Waals surface area contributed by atoms with Gasteiger partial charge in [0.1, 0.15) is 5.75 Å². The second-order valence-corrected chi connectivity index (χ2v) is 5.26. The van der Waals surface area contributed by atoms with E-state index in [4.69, 9.17) is 15.2 Å². The number of methoxy groups -OCH3 is 1. The van der Waals surface area contributed by atoms with Crippen LogP contribution in [0.3, 0.4) is 0 Å². The number of aryl methyl sites for hydroxylation is 1. The summed E-state index contributed by atoms with van der Waals surface area (Å²) in [6.07, 6.45) is -0.0931. The van der Waals surface area contributed by atoms with Crippen molar-refractivity contribution < 1.29 is 14.3 Å². The lowest BCUT2D eigenvalue weighted by molar-refractivity contribution is -0.118. The van der Waals surface area contributed by atoms with Gasteiger partial charge in [-0.15, -0.1) is 12.4 Å². The molecule has 24 heavy (non-hydrogen) atoms. The Morgan fingerprint density at radius 2 is 1.92 bits per heavy atom. The van der Waals surface area contributed by atoms with E-state index in [0.717, 1.165) is 5.56 Å². The molecule has 130 valence electrons. The fourth-order valence-electron chi connectivity index (χ4n) is 2.12. The lowest BCUT2D eigenvalue weighted by atomic mass is 10.2. The average Bonchev–Trinajstić information content (AvgIpc) is 2.56. The highest BCUT2D eigenvalue weighted by atomic mass is 35.5. The number of benzene rings is 2. The molecule has 0 bridgehead atoms. The van der Waals surface area contributed by atoms with Crippen LogP contribution in [-0.2, 0) is 9.53 Å². The number of para-hydroxylation sites is 1. The first-order valence-electron chi connectivity index (χ1n) is 7.48. The molecule has 0 saturated heterocycles. The van der Waals surface area contributed by atoms with Crippen LogP contribution in [0, 0.1) is 6.92 Å². The molecule has 2 rings (SSSR count). The van der Waals surface area contributed by atoms with Gasteiger partial charge in [0, 0.05) is 13.7 Å². The Morgan fingerprint density at radius 1 is 1.21 bits per heavy atom. The number of rotatable bonds is 7. The molecule has 0 fully saturated rings. The van der Waals surface area contributed by atoms with Gasteiger partial charge in [0.15, 0.2) is 5.75 Å². The molecule has 5 nitrogen and oxygen atoms in total. The number of carbonyl (C=O) groups excluding carboxylic acids is 1. The highest BCUT2D eigenvalue weighted by Gasteiger charge is 2.14. The van der Waals surface area contributed by atoms with Gasteiger partial charge in [0.05, 0.1) is 18.2 Å². The van der Waals surface area contributed by atoms with Crippen LogP contribution in [-0.4, -0.2) is 25.7 Å². The van der Waals surface area contributed by atoms with Crippen LogP contribution >= 0.6 is 12.4 Å². The SMILES string of the molecule is COC(CN)CC(=O)Nc1cc(C)ccc1Oc1ccccc1.Cl. The minimum atomic E-state index is -0.293. The van der Waals surface area contributed by atoms with Crippen LogP contribution in [0.5, 0.6) is 11.5 Å². The summed E-state index contributed by atoms with van der Waals surface area (Å²) in [4.78, 5) is 12.2. The molecule has 0 aliphatic heterocycles. The third-order valence-electron chi connectivity index (χ3n) is 3.39. The van der Waals surface area contributed by atoms with Crippen molar-refractivity contribution in [3.8, 4) is 11.5 Å². The Morgan fingerprint density at radius 3 is 2.54 bits per heavy atom. The molecule has 1 unspecified atom stereocenters. The average molecular weight is 351 g/mol. The fourth-order valence-corrected chi connectivity index (χ4v) is 2.12. The topological polar surface area (TPSA) is 73.6 Å². The van der Waals surface area contributed by atoms with E-state index in [0.29, 0.717) is 23.7 Å². The van der Waals surface area contributed by atoms with Crippen molar-refractivity contribution >= 4 is 24.0 Å². The first-order valence-corrected chi connectivity index (χ1v) is 7.48. The first kappa shape index (κ1) is 20.0. The molecule has 0 aliphatic carbocycles. The van der Waals surface area contributed by atoms with E-state index in [1.54, 1.807) is 7.11 Å². The predicted molar refractivity (Wildman–Crippen MR) is 98.0 cm³/mol. The summed E-state index contributed by atoms with van der Waals surface area (Å²) in [7, 11) is 1.54. The van der Waals surface area contributed by atoms with Crippen molar-refractivity contribution in [2.45, 2.75) is 19.4 Å². The zero-order chi connectivity index (χ0) is 16.7. The summed E-state index contributed by atoms with van der Waals surface area (Å²) in [5, 5.41) is 2.87. The highest BCUT2D eigenvalue weighted by molar-refractivity contribution is 5.92. The van der Waals surface area contributed by atoms with Gasteiger partial charge in [0.25, 0.3) is 0 Å². The molecule has 2 aromatic rings. The Kier molecular flexibility index (Phi) is 8.26. The molecule has 3 N–H and O–H groups in total. The molecular weight excluding hydrogens is 328 g/mol. The Hall–Kier alpha value is -2.08. The van der Waals surface area contributed by atoms with Gasteiger partial charge >= 0.3 is 0 Å². The van der Waals surface area contributed by atoms with Crippen LogP contribution in [0.15, 0.2) is 48.5 Å². The van der Waals surface area contributed by atoms with Crippen molar-refractivity contribution in [2.24, 2.45) is 5.73 Å². The second-order valence-electron chi connectivity index (χ2n) is 5.26. The lowest BCUT2D eigenvalue weighted by Crippen LogP contribution is -2.28. The Bertz CT molecular complexity index is 646. The molecule has 1 amide bonds. The fraction of sp³-hybridized carbons (Fsp3) is 0.278. The van der Waals surface area contributed by atoms with Gasteiger partial charge < -0.3 is 20.5 Å². The van der Waals surface area contributed by atoms with Crippen molar-refractivity contribution in [3.05, 3.63) is 54.1 Å². The number of carbonyl (C=O) groups is 1. The molecule has 2 aromatic carbocycles. The van der Waals surface area contributed by atoms with Crippen molar-refractivity contribution in [2.75, 3.05) is 19.0 Å². The molecule has 0 radical (unpaired) electrons. The van der Waals surface area contributed by atoms with Crippen LogP contribution in [0.4, 0.5) is 5.69 Å². The second kappa shape index (κ2) is 9.93. The molecular formula is C18H23ClN2O3. The summed E-state index contributed by atoms with van der Waals surface area (Å²) in [6, 6.07) is 15.1. The van der Waals surface area contributed by atoms with Crippen molar-refractivity contribution in [1.29, 1.82) is 0 Å². The first-order chi connectivity index (χ1) is 11.1. The number of hydrogen-bond acceptors (Lipinski definition) is 4. The van der Waals surface area contributed by atoms with Crippen LogP contribution < -0.4 is 15.8 Å². The van der Waals surface area contributed by atoms with E-state index >= 15 is 0 Å². The van der Waals surface area contributed by atoms with Crippen LogP contribution in [0.25, 0.3) is 0 Å². The highest BCUT2D eigenvalue weighted by Crippen LogP contribution is 2.30. The van der Waals surface area contributed by atoms with Crippen molar-refractivity contribution in [3.63, 3.8) is 0 Å². The van der Waals surface area contributed by atoms with Gasteiger partial charge in [0.2, 0.25) is 5.91 Å². The van der Waals surface area contributed by atoms with Gasteiger partial charge in [-0.25, -0.2) is 0 Å². The van der Waals surface area contributed by atoms with E-state index in [2.05, 4.69) is 5.32 Å². The Labute approximate surface area is 148 Å². The van der Waals surface area contributed by atoms with E-state index in [1.165, 1.54) is 0 Å². The Balaban J connectivity index is 0.00000288. The van der Waals surface area contributed by atoms with Crippen molar-refractivity contribution in [1.82, 2.24) is 0 Å². The maximum atomic E-state index is 12.2. The minimum Gasteiger partial charge on any atom is -0.455 e. The molecule has 0 heterocycles. The number of anilines is 1. The number of halogens is 1. The van der Waals surface area contributed by atoms with Crippen LogP contribution in [0.2, 0.25) is 0 Å². The normalized spacial score (nSPS) is 11.3. The van der Waals surface area contributed by atoms with Gasteiger partial charge in [-0.2, -0.15) is 0 Å². The smallest absolute Gasteiger partial charge is 0.227 e. The number of amides is 1. The summed E-state index contributed by atoms with van der Waals surface area (Å²) in [5.74, 6) is 1.14. The zero-order valence-corrected chi connectivity index (χ0v) is 14.6. The minimum absolute atomic E-state index is 0. The summed E-state index contributed by atoms with van der Waals surface area (Å²) < 4.78 is 11.0. The largest absolute Gasteiger partial charge is 0.455 e. The molecule has 0 aliphatic rings. The number of hydrogen-bond donors (Lipinski definition) is 2. The molecule has 0 aromatic heterocycles. The summed E-state index contributed by atoms with van der Waals surface area (Å²) in [6.45, 7) is 2.25. The number of nitrogens with two attached hydrogens (primary N) is 1. The predicted octanol–water partition coefficient (Wildman–Crippen LogP) is 3.51. The standard InChI is InChI=1S/C18H22N2O3.ClH/c1-13-8-9-17(23-14-6-4-3-5-7-14)16(10-13)20-18(21)11-15(12-19)22-2;/h3-10,15H,11-12,19H2,1-2H3,(H,20,21);1H. The third-order valence-corrected chi connectivity index (χ3v) is 3.39. The number of nitrogens with one attached hydrogen (secondary N) is 1. The van der Waals surface area contributed by atoms with E-state index in [-0.39, 0.29) is 30.8 Å². The molecule has 0 saturated carbocycles. The van der Waals surface area contributed by atoms with Crippen LogP contribution in [0.1, 0.15) is 12.0 Å². The zero-order valence-electron chi connectivity index (χ0n) is 13.8. The lowest BCUT2D eigenvalue weighted by Gasteiger charge is -2.15.